The van der Waals surface area contributed by atoms with E-state index < -0.39 is 0 Å². The Balaban J connectivity index is 1.33. The average Bonchev–Trinajstić information content (AvgIpc) is 3.75. The van der Waals surface area contributed by atoms with Gasteiger partial charge in [0.2, 0.25) is 0 Å². The van der Waals surface area contributed by atoms with Crippen LogP contribution in [-0.4, -0.2) is 15.7 Å². The van der Waals surface area contributed by atoms with Gasteiger partial charge in [-0.05, 0) is 64.9 Å². The summed E-state index contributed by atoms with van der Waals surface area (Å²) < 4.78 is 5.12. The first kappa shape index (κ1) is 23.4. The van der Waals surface area contributed by atoms with Gasteiger partial charge < -0.3 is 13.9 Å². The summed E-state index contributed by atoms with van der Waals surface area (Å²) in [5, 5.41) is 7.94. The minimum atomic E-state index is 0.146. The number of benzene rings is 7. The molecule has 4 heteroatoms. The van der Waals surface area contributed by atoms with E-state index in [0.29, 0.717) is 0 Å². The SMILES string of the molecule is c1ccc(N2c3ccccc3B3c4c2cccc4-n2c4c3cccc4c3cc4c5ccccc5n5c6ccccc6c(c32)c45)cc1. The van der Waals surface area contributed by atoms with Gasteiger partial charge in [0.1, 0.15) is 0 Å². The number of anilines is 3. The first-order valence-corrected chi connectivity index (χ1v) is 16.1. The van der Waals surface area contributed by atoms with Crippen molar-refractivity contribution in [1.82, 2.24) is 8.97 Å². The van der Waals surface area contributed by atoms with Gasteiger partial charge in [0, 0.05) is 60.6 Å². The molecule has 12 rings (SSSR count). The Morgan fingerprint density at radius 2 is 1.04 bits per heavy atom. The van der Waals surface area contributed by atoms with E-state index in [2.05, 4.69) is 159 Å². The molecule has 5 heterocycles. The molecule has 0 aliphatic carbocycles. The number of hydrogen-bond donors (Lipinski definition) is 0. The lowest BCUT2D eigenvalue weighted by Crippen LogP contribution is -2.60. The number of hydrogen-bond acceptors (Lipinski definition) is 1. The van der Waals surface area contributed by atoms with Crippen molar-refractivity contribution >= 4 is 100 Å². The van der Waals surface area contributed by atoms with Crippen LogP contribution in [0.1, 0.15) is 0 Å². The quantitative estimate of drug-likeness (QED) is 0.177. The standard InChI is InChI=1S/C42H24BN3/c1-2-12-25(13-3-1)44-35-21-9-6-17-31(35)43-32-18-10-16-27-30-24-29-26-14-4-7-19-33(26)45-34-20-8-5-15-28(34)38(41(29)45)42(30)46(40(27)32)37-23-11-22-36(44)39(37)43/h1-24H. The van der Waals surface area contributed by atoms with Gasteiger partial charge in [-0.1, -0.05) is 97.1 Å². The lowest BCUT2D eigenvalue weighted by Gasteiger charge is -2.40. The number of aromatic nitrogens is 2. The van der Waals surface area contributed by atoms with Crippen LogP contribution in [0.15, 0.2) is 146 Å². The Hall–Kier alpha value is -6.00. The van der Waals surface area contributed by atoms with Crippen molar-refractivity contribution in [1.29, 1.82) is 0 Å². The third kappa shape index (κ3) is 2.54. The zero-order valence-corrected chi connectivity index (χ0v) is 24.8. The van der Waals surface area contributed by atoms with Crippen LogP contribution in [0.5, 0.6) is 0 Å². The molecule has 0 unspecified atom stereocenters. The molecular weight excluding hydrogens is 557 g/mol. The van der Waals surface area contributed by atoms with Crippen molar-refractivity contribution in [2.45, 2.75) is 0 Å². The highest BCUT2D eigenvalue weighted by Crippen LogP contribution is 2.47. The number of fused-ring (bicyclic) bond motifs is 14. The van der Waals surface area contributed by atoms with E-state index in [1.807, 2.05) is 0 Å². The molecule has 0 N–H and O–H groups in total. The highest BCUT2D eigenvalue weighted by Gasteiger charge is 2.42. The molecule has 0 spiro atoms. The second-order valence-electron chi connectivity index (χ2n) is 12.9. The van der Waals surface area contributed by atoms with E-state index in [-0.39, 0.29) is 6.71 Å². The van der Waals surface area contributed by atoms with E-state index in [9.17, 15) is 0 Å². The van der Waals surface area contributed by atoms with Gasteiger partial charge in [0.15, 0.2) is 0 Å². The Morgan fingerprint density at radius 3 is 1.93 bits per heavy atom. The van der Waals surface area contributed by atoms with Crippen molar-refractivity contribution in [2.75, 3.05) is 4.90 Å². The van der Waals surface area contributed by atoms with Gasteiger partial charge in [-0.25, -0.2) is 0 Å². The molecule has 3 nitrogen and oxygen atoms in total. The van der Waals surface area contributed by atoms with Gasteiger partial charge in [-0.15, -0.1) is 0 Å². The van der Waals surface area contributed by atoms with Crippen LogP contribution in [0.25, 0.3) is 65.6 Å². The monoisotopic (exact) mass is 581 g/mol. The van der Waals surface area contributed by atoms with Crippen molar-refractivity contribution < 1.29 is 0 Å². The maximum absolute atomic E-state index is 2.62. The summed E-state index contributed by atoms with van der Waals surface area (Å²) in [5.74, 6) is 0. The second-order valence-corrected chi connectivity index (χ2v) is 12.9. The lowest BCUT2D eigenvalue weighted by molar-refractivity contribution is 1.18. The maximum atomic E-state index is 2.62. The molecule has 0 radical (unpaired) electrons. The molecule has 2 aliphatic rings. The molecule has 3 aromatic heterocycles. The summed E-state index contributed by atoms with van der Waals surface area (Å²) in [6, 6.07) is 54.1. The van der Waals surface area contributed by atoms with Gasteiger partial charge >= 0.3 is 0 Å². The van der Waals surface area contributed by atoms with Crippen LogP contribution < -0.4 is 21.3 Å². The minimum Gasteiger partial charge on any atom is -0.311 e. The molecule has 10 aromatic rings. The zero-order chi connectivity index (χ0) is 29.7. The third-order valence-corrected chi connectivity index (χ3v) is 10.8. The van der Waals surface area contributed by atoms with E-state index in [1.54, 1.807) is 0 Å². The summed E-state index contributed by atoms with van der Waals surface area (Å²) >= 11 is 0. The average molecular weight is 581 g/mol. The highest BCUT2D eigenvalue weighted by atomic mass is 15.2. The summed E-state index contributed by atoms with van der Waals surface area (Å²) in [6.45, 7) is 0.146. The van der Waals surface area contributed by atoms with E-state index in [1.165, 1.54) is 99.0 Å². The van der Waals surface area contributed by atoms with Crippen LogP contribution in [-0.2, 0) is 0 Å². The first-order valence-electron chi connectivity index (χ1n) is 16.1. The molecule has 0 fully saturated rings. The summed E-state index contributed by atoms with van der Waals surface area (Å²) in [5.41, 5.74) is 15.6. The Kier molecular flexibility index (Phi) is 4.06. The molecule has 46 heavy (non-hydrogen) atoms. The van der Waals surface area contributed by atoms with Crippen LogP contribution in [0.4, 0.5) is 17.1 Å². The summed E-state index contributed by atoms with van der Waals surface area (Å²) in [4.78, 5) is 2.46. The Labute approximate surface area is 264 Å². The van der Waals surface area contributed by atoms with Crippen molar-refractivity contribution in [2.24, 2.45) is 0 Å². The lowest BCUT2D eigenvalue weighted by atomic mass is 9.34. The zero-order valence-electron chi connectivity index (χ0n) is 24.8. The molecule has 210 valence electrons. The van der Waals surface area contributed by atoms with Crippen molar-refractivity contribution in [3.63, 3.8) is 0 Å². The van der Waals surface area contributed by atoms with Gasteiger partial charge in [-0.2, -0.15) is 0 Å². The fourth-order valence-corrected chi connectivity index (χ4v) is 9.18. The van der Waals surface area contributed by atoms with Gasteiger partial charge in [0.25, 0.3) is 6.71 Å². The highest BCUT2D eigenvalue weighted by molar-refractivity contribution is 7.00. The second kappa shape index (κ2) is 7.98. The van der Waals surface area contributed by atoms with Crippen LogP contribution in [0.3, 0.4) is 0 Å². The first-order chi connectivity index (χ1) is 22.9. The molecule has 0 atom stereocenters. The largest absolute Gasteiger partial charge is 0.311 e. The molecular formula is C42H24BN3. The van der Waals surface area contributed by atoms with E-state index in [4.69, 9.17) is 0 Å². The third-order valence-electron chi connectivity index (χ3n) is 10.8. The number of rotatable bonds is 1. The minimum absolute atomic E-state index is 0.146. The predicted molar refractivity (Wildman–Crippen MR) is 195 cm³/mol. The van der Waals surface area contributed by atoms with Crippen LogP contribution >= 0.6 is 0 Å². The van der Waals surface area contributed by atoms with E-state index in [0.717, 1.165) is 0 Å². The Morgan fingerprint density at radius 1 is 0.413 bits per heavy atom. The smallest absolute Gasteiger partial charge is 0.252 e. The number of para-hydroxylation sites is 5. The predicted octanol–water partition coefficient (Wildman–Crippen LogP) is 8.55. The maximum Gasteiger partial charge on any atom is 0.252 e. The van der Waals surface area contributed by atoms with Crippen molar-refractivity contribution in [3.05, 3.63) is 146 Å². The molecule has 0 saturated carbocycles. The fraction of sp³-hybridized carbons (Fsp3) is 0. The van der Waals surface area contributed by atoms with Crippen LogP contribution in [0.2, 0.25) is 0 Å². The summed E-state index contributed by atoms with van der Waals surface area (Å²) in [7, 11) is 0. The molecule has 0 bridgehead atoms. The normalized spacial score (nSPS) is 13.6. The fourth-order valence-electron chi connectivity index (χ4n) is 9.18. The topological polar surface area (TPSA) is 12.6 Å². The molecule has 7 aromatic carbocycles. The van der Waals surface area contributed by atoms with Gasteiger partial charge in [-0.3, -0.25) is 0 Å². The molecule has 0 saturated heterocycles. The van der Waals surface area contributed by atoms with E-state index >= 15 is 0 Å². The summed E-state index contributed by atoms with van der Waals surface area (Å²) in [6.07, 6.45) is 0. The van der Waals surface area contributed by atoms with Crippen molar-refractivity contribution in [3.8, 4) is 5.69 Å². The number of nitrogens with zero attached hydrogens (tertiary/aromatic N) is 3. The van der Waals surface area contributed by atoms with Gasteiger partial charge in [0.05, 0.1) is 22.1 Å². The van der Waals surface area contributed by atoms with Crippen LogP contribution in [0, 0.1) is 0 Å². The Bertz CT molecular complexity index is 2930. The molecule has 2 aliphatic heterocycles. The molecule has 0 amide bonds.